The minimum Gasteiger partial charge on any atom is -0.312 e. The fourth-order valence-electron chi connectivity index (χ4n) is 1.19. The second kappa shape index (κ2) is 4.02. The summed E-state index contributed by atoms with van der Waals surface area (Å²) >= 11 is 0. The Hall–Kier alpha value is -0.390. The zero-order valence-corrected chi connectivity index (χ0v) is 7.68. The van der Waals surface area contributed by atoms with Crippen LogP contribution in [0.4, 0.5) is 0 Å². The minimum absolute atomic E-state index is 0.0174. The smallest absolute Gasteiger partial charge is 0.210 e. The van der Waals surface area contributed by atoms with Gasteiger partial charge in [0, 0.05) is 12.6 Å². The normalized spacial score (nSPS) is 18.8. The van der Waals surface area contributed by atoms with Crippen LogP contribution in [0.5, 0.6) is 0 Å². The first-order valence-corrected chi connectivity index (χ1v) is 5.68. The lowest BCUT2D eigenvalue weighted by Gasteiger charge is -2.10. The molecule has 0 heterocycles. The minimum atomic E-state index is -3.30. The second-order valence-electron chi connectivity index (χ2n) is 2.96. The highest BCUT2D eigenvalue weighted by Crippen LogP contribution is 2.08. The molecule has 1 rings (SSSR count). The molecule has 0 saturated heterocycles. The molecule has 70 valence electrons. The summed E-state index contributed by atoms with van der Waals surface area (Å²) in [5, 5.41) is 7.95. The molecule has 12 heavy (non-hydrogen) atoms. The maximum atomic E-state index is 10.5. The fourth-order valence-corrected chi connectivity index (χ4v) is 1.59. The molecular formula is C7H14N2O2S. The van der Waals surface area contributed by atoms with Gasteiger partial charge in [-0.15, -0.1) is 0 Å². The number of rotatable bonds is 4. The summed E-state index contributed by atoms with van der Waals surface area (Å²) < 4.78 is 21.1. The van der Waals surface area contributed by atoms with E-state index in [9.17, 15) is 8.42 Å². The summed E-state index contributed by atoms with van der Waals surface area (Å²) in [6, 6.07) is 0.409. The Kier molecular flexibility index (Phi) is 3.25. The molecule has 0 radical (unpaired) electrons. The average Bonchev–Trinajstić information content (AvgIpc) is 2.36. The van der Waals surface area contributed by atoms with E-state index in [1.807, 2.05) is 0 Å². The third-order valence-electron chi connectivity index (χ3n) is 1.83. The fraction of sp³-hybridized carbons (Fsp3) is 0.714. The van der Waals surface area contributed by atoms with Crippen LogP contribution in [0.1, 0.15) is 12.8 Å². The van der Waals surface area contributed by atoms with Gasteiger partial charge < -0.3 is 5.32 Å². The van der Waals surface area contributed by atoms with Gasteiger partial charge in [-0.3, -0.25) is 0 Å². The Labute approximate surface area is 72.9 Å². The molecule has 0 aromatic heterocycles. The summed E-state index contributed by atoms with van der Waals surface area (Å²) in [5.41, 5.74) is 0. The summed E-state index contributed by atoms with van der Waals surface area (Å²) in [5.74, 6) is 0.0174. The SMILES string of the molecule is NS(=O)(=O)CCNC1CC=CC1. The van der Waals surface area contributed by atoms with E-state index in [0.717, 1.165) is 12.8 Å². The van der Waals surface area contributed by atoms with Crippen LogP contribution < -0.4 is 10.5 Å². The van der Waals surface area contributed by atoms with Gasteiger partial charge >= 0.3 is 0 Å². The van der Waals surface area contributed by atoms with Crippen LogP contribution >= 0.6 is 0 Å². The van der Waals surface area contributed by atoms with Crippen molar-refractivity contribution in [3.8, 4) is 0 Å². The third-order valence-corrected chi connectivity index (χ3v) is 2.60. The highest BCUT2D eigenvalue weighted by Gasteiger charge is 2.09. The molecule has 0 atom stereocenters. The second-order valence-corrected chi connectivity index (χ2v) is 4.69. The Morgan fingerprint density at radius 1 is 1.42 bits per heavy atom. The highest BCUT2D eigenvalue weighted by molar-refractivity contribution is 7.89. The monoisotopic (exact) mass is 190 g/mol. The molecule has 0 aliphatic heterocycles. The van der Waals surface area contributed by atoms with Crippen LogP contribution in [-0.4, -0.2) is 26.8 Å². The molecule has 0 saturated carbocycles. The van der Waals surface area contributed by atoms with Gasteiger partial charge in [-0.1, -0.05) is 12.2 Å². The summed E-state index contributed by atoms with van der Waals surface area (Å²) in [6.45, 7) is 0.450. The van der Waals surface area contributed by atoms with Gasteiger partial charge in [0.05, 0.1) is 5.75 Å². The van der Waals surface area contributed by atoms with Gasteiger partial charge in [-0.2, -0.15) is 0 Å². The van der Waals surface area contributed by atoms with Gasteiger partial charge in [-0.25, -0.2) is 13.6 Å². The molecule has 1 aliphatic carbocycles. The molecule has 4 nitrogen and oxygen atoms in total. The van der Waals surface area contributed by atoms with Crippen molar-refractivity contribution in [1.29, 1.82) is 0 Å². The van der Waals surface area contributed by atoms with Crippen LogP contribution in [0.3, 0.4) is 0 Å². The van der Waals surface area contributed by atoms with Gasteiger partial charge in [0.1, 0.15) is 0 Å². The molecule has 0 fully saturated rings. The number of nitrogens with one attached hydrogen (secondary N) is 1. The van der Waals surface area contributed by atoms with E-state index in [0.29, 0.717) is 12.6 Å². The first-order valence-electron chi connectivity index (χ1n) is 3.97. The van der Waals surface area contributed by atoms with Gasteiger partial charge in [0.15, 0.2) is 0 Å². The summed E-state index contributed by atoms with van der Waals surface area (Å²) in [4.78, 5) is 0. The molecular weight excluding hydrogens is 176 g/mol. The van der Waals surface area contributed by atoms with E-state index in [-0.39, 0.29) is 5.75 Å². The molecule has 1 aliphatic rings. The quantitative estimate of drug-likeness (QED) is 0.592. The van der Waals surface area contributed by atoms with Crippen LogP contribution in [0.25, 0.3) is 0 Å². The Balaban J connectivity index is 2.11. The molecule has 0 unspecified atom stereocenters. The predicted molar refractivity (Wildman–Crippen MR) is 48.1 cm³/mol. The lowest BCUT2D eigenvalue weighted by atomic mass is 10.2. The van der Waals surface area contributed by atoms with E-state index in [2.05, 4.69) is 17.5 Å². The van der Waals surface area contributed by atoms with Crippen molar-refractivity contribution in [1.82, 2.24) is 5.32 Å². The van der Waals surface area contributed by atoms with E-state index in [4.69, 9.17) is 5.14 Å². The molecule has 0 spiro atoms. The predicted octanol–water partition coefficient (Wildman–Crippen LogP) is -0.417. The Morgan fingerprint density at radius 2 is 2.00 bits per heavy atom. The molecule has 3 N–H and O–H groups in total. The van der Waals surface area contributed by atoms with E-state index in [1.54, 1.807) is 0 Å². The van der Waals surface area contributed by atoms with Gasteiger partial charge in [0.25, 0.3) is 0 Å². The largest absolute Gasteiger partial charge is 0.312 e. The maximum absolute atomic E-state index is 10.5. The van der Waals surface area contributed by atoms with E-state index >= 15 is 0 Å². The molecule has 0 aromatic carbocycles. The zero-order chi connectivity index (χ0) is 9.03. The topological polar surface area (TPSA) is 72.2 Å². The number of hydrogen-bond acceptors (Lipinski definition) is 3. The van der Waals surface area contributed by atoms with Crippen molar-refractivity contribution in [2.75, 3.05) is 12.3 Å². The first kappa shape index (κ1) is 9.70. The average molecular weight is 190 g/mol. The standard InChI is InChI=1S/C7H14N2O2S/c8-12(10,11)6-5-9-7-3-1-2-4-7/h1-2,7,9H,3-6H2,(H2,8,10,11). The van der Waals surface area contributed by atoms with Crippen molar-refractivity contribution in [2.24, 2.45) is 5.14 Å². The number of sulfonamides is 1. The zero-order valence-electron chi connectivity index (χ0n) is 6.86. The number of hydrogen-bond donors (Lipinski definition) is 2. The Bertz CT molecular complexity index is 251. The van der Waals surface area contributed by atoms with Crippen molar-refractivity contribution >= 4 is 10.0 Å². The third kappa shape index (κ3) is 3.85. The summed E-state index contributed by atoms with van der Waals surface area (Å²) in [6.07, 6.45) is 6.17. The van der Waals surface area contributed by atoms with E-state index < -0.39 is 10.0 Å². The lowest BCUT2D eigenvalue weighted by Crippen LogP contribution is -2.33. The van der Waals surface area contributed by atoms with Crippen LogP contribution in [0.15, 0.2) is 12.2 Å². The van der Waals surface area contributed by atoms with Crippen molar-refractivity contribution in [3.05, 3.63) is 12.2 Å². The van der Waals surface area contributed by atoms with Crippen LogP contribution in [0, 0.1) is 0 Å². The van der Waals surface area contributed by atoms with Crippen LogP contribution in [0.2, 0.25) is 0 Å². The van der Waals surface area contributed by atoms with Gasteiger partial charge in [0.2, 0.25) is 10.0 Å². The van der Waals surface area contributed by atoms with Crippen molar-refractivity contribution in [2.45, 2.75) is 18.9 Å². The maximum Gasteiger partial charge on any atom is 0.210 e. The lowest BCUT2D eigenvalue weighted by molar-refractivity contribution is 0.549. The van der Waals surface area contributed by atoms with E-state index in [1.165, 1.54) is 0 Å². The molecule has 5 heteroatoms. The van der Waals surface area contributed by atoms with Crippen LogP contribution in [-0.2, 0) is 10.0 Å². The summed E-state index contributed by atoms with van der Waals surface area (Å²) in [7, 11) is -3.30. The highest BCUT2D eigenvalue weighted by atomic mass is 32.2. The van der Waals surface area contributed by atoms with Gasteiger partial charge in [-0.05, 0) is 12.8 Å². The molecule has 0 amide bonds. The number of primary sulfonamides is 1. The number of nitrogens with two attached hydrogens (primary N) is 1. The first-order chi connectivity index (χ1) is 5.58. The molecule has 0 aromatic rings. The molecule has 0 bridgehead atoms. The van der Waals surface area contributed by atoms with Crippen molar-refractivity contribution < 1.29 is 8.42 Å². The van der Waals surface area contributed by atoms with Crippen molar-refractivity contribution in [3.63, 3.8) is 0 Å². The Morgan fingerprint density at radius 3 is 2.50 bits per heavy atom.